The fourth-order valence-electron chi connectivity index (χ4n) is 3.29. The number of halogens is 3. The molecule has 0 saturated heterocycles. The minimum atomic E-state index is -4.46. The number of aryl methyl sites for hydroxylation is 1. The van der Waals surface area contributed by atoms with Crippen LogP contribution in [0.1, 0.15) is 28.0 Å². The van der Waals surface area contributed by atoms with Crippen LogP contribution in [0.3, 0.4) is 0 Å². The molecule has 4 aromatic rings. The summed E-state index contributed by atoms with van der Waals surface area (Å²) < 4.78 is 41.2. The Morgan fingerprint density at radius 1 is 1.10 bits per heavy atom. The Balaban J connectivity index is 1.56. The van der Waals surface area contributed by atoms with Crippen LogP contribution < -0.4 is 5.32 Å². The highest BCUT2D eigenvalue weighted by molar-refractivity contribution is 7.15. The van der Waals surface area contributed by atoms with Gasteiger partial charge < -0.3 is 5.32 Å². The predicted molar refractivity (Wildman–Crippen MR) is 111 cm³/mol. The third kappa shape index (κ3) is 4.23. The number of hydrogen-bond donors (Lipinski definition) is 1. The Hall–Kier alpha value is -3.13. The highest BCUT2D eigenvalue weighted by Gasteiger charge is 2.31. The van der Waals surface area contributed by atoms with E-state index in [4.69, 9.17) is 0 Å². The molecule has 4 nitrogen and oxygen atoms in total. The molecule has 2 aromatic carbocycles. The van der Waals surface area contributed by atoms with Gasteiger partial charge in [-0.25, -0.2) is 4.98 Å². The van der Waals surface area contributed by atoms with E-state index in [1.54, 1.807) is 22.0 Å². The first-order chi connectivity index (χ1) is 14.4. The summed E-state index contributed by atoms with van der Waals surface area (Å²) >= 11 is 1.32. The van der Waals surface area contributed by atoms with E-state index in [-0.39, 0.29) is 5.69 Å². The number of carbonyl (C=O) groups excluding carboxylic acids is 1. The van der Waals surface area contributed by atoms with Crippen molar-refractivity contribution in [1.29, 1.82) is 0 Å². The SMILES string of the molecule is O=C(NCCCc1ccccc1)c1nc2sccn2c1-c1cccc(C(F)(F)F)c1. The number of imidazole rings is 1. The molecule has 0 bridgehead atoms. The zero-order chi connectivity index (χ0) is 21.1. The number of carbonyl (C=O) groups is 1. The maximum atomic E-state index is 13.2. The Kier molecular flexibility index (Phi) is 5.59. The molecule has 1 amide bonds. The molecule has 0 spiro atoms. The lowest BCUT2D eigenvalue weighted by Gasteiger charge is -2.10. The van der Waals surface area contributed by atoms with Crippen LogP contribution in [0.15, 0.2) is 66.2 Å². The molecule has 8 heteroatoms. The topological polar surface area (TPSA) is 46.4 Å². The third-order valence-corrected chi connectivity index (χ3v) is 5.47. The molecular formula is C22H18F3N3OS. The van der Waals surface area contributed by atoms with Gasteiger partial charge in [0.25, 0.3) is 5.91 Å². The van der Waals surface area contributed by atoms with Crippen molar-refractivity contribution in [2.45, 2.75) is 19.0 Å². The van der Waals surface area contributed by atoms with E-state index in [0.29, 0.717) is 22.8 Å². The number of nitrogens with one attached hydrogen (secondary N) is 1. The van der Waals surface area contributed by atoms with Gasteiger partial charge in [0.05, 0.1) is 11.3 Å². The molecule has 154 valence electrons. The Morgan fingerprint density at radius 2 is 1.90 bits per heavy atom. The molecule has 2 aromatic heterocycles. The molecule has 0 aliphatic rings. The first-order valence-corrected chi connectivity index (χ1v) is 10.3. The second-order valence-electron chi connectivity index (χ2n) is 6.79. The number of aromatic nitrogens is 2. The van der Waals surface area contributed by atoms with Crippen molar-refractivity contribution >= 4 is 22.2 Å². The molecule has 0 unspecified atom stereocenters. The number of benzene rings is 2. The number of rotatable bonds is 6. The van der Waals surface area contributed by atoms with E-state index in [2.05, 4.69) is 10.3 Å². The first kappa shape index (κ1) is 20.2. The van der Waals surface area contributed by atoms with Gasteiger partial charge in [-0.2, -0.15) is 13.2 Å². The van der Waals surface area contributed by atoms with Gasteiger partial charge in [-0.05, 0) is 30.5 Å². The Bertz CT molecular complexity index is 1170. The van der Waals surface area contributed by atoms with E-state index >= 15 is 0 Å². The summed E-state index contributed by atoms with van der Waals surface area (Å²) in [4.78, 5) is 17.7. The lowest BCUT2D eigenvalue weighted by atomic mass is 10.1. The standard InChI is InChI=1S/C22H18F3N3OS/c23-22(24,25)17-10-4-9-16(14-17)19-18(27-21-28(19)12-13-30-21)20(29)26-11-5-8-15-6-2-1-3-7-15/h1-4,6-7,9-10,12-14H,5,8,11H2,(H,26,29). The van der Waals surface area contributed by atoms with Gasteiger partial charge in [0.15, 0.2) is 10.7 Å². The van der Waals surface area contributed by atoms with Crippen LogP contribution in [0.4, 0.5) is 13.2 Å². The van der Waals surface area contributed by atoms with E-state index < -0.39 is 17.6 Å². The van der Waals surface area contributed by atoms with Gasteiger partial charge in [-0.3, -0.25) is 9.20 Å². The summed E-state index contributed by atoms with van der Waals surface area (Å²) in [5.41, 5.74) is 1.20. The van der Waals surface area contributed by atoms with Crippen LogP contribution in [0.25, 0.3) is 16.2 Å². The molecule has 0 fully saturated rings. The number of nitrogens with zero attached hydrogens (tertiary/aromatic N) is 2. The highest BCUT2D eigenvalue weighted by atomic mass is 32.1. The van der Waals surface area contributed by atoms with Crippen LogP contribution in [-0.2, 0) is 12.6 Å². The van der Waals surface area contributed by atoms with Crippen molar-refractivity contribution in [3.05, 3.63) is 83.0 Å². The molecule has 0 radical (unpaired) electrons. The molecule has 0 aliphatic heterocycles. The number of amides is 1. The summed E-state index contributed by atoms with van der Waals surface area (Å²) in [5.74, 6) is -0.397. The maximum absolute atomic E-state index is 13.2. The van der Waals surface area contributed by atoms with Crippen molar-refractivity contribution < 1.29 is 18.0 Å². The van der Waals surface area contributed by atoms with Crippen molar-refractivity contribution in [1.82, 2.24) is 14.7 Å². The first-order valence-electron chi connectivity index (χ1n) is 9.39. The lowest BCUT2D eigenvalue weighted by molar-refractivity contribution is -0.137. The number of fused-ring (bicyclic) bond motifs is 1. The predicted octanol–water partition coefficient (Wildman–Crippen LogP) is 5.44. The number of thiazole rings is 1. The van der Waals surface area contributed by atoms with Crippen molar-refractivity contribution in [2.75, 3.05) is 6.54 Å². The summed E-state index contributed by atoms with van der Waals surface area (Å²) in [5, 5.41) is 4.62. The van der Waals surface area contributed by atoms with Crippen LogP contribution in [-0.4, -0.2) is 21.8 Å². The zero-order valence-corrected chi connectivity index (χ0v) is 16.6. The third-order valence-electron chi connectivity index (χ3n) is 4.71. The van der Waals surface area contributed by atoms with Crippen LogP contribution >= 0.6 is 11.3 Å². The lowest BCUT2D eigenvalue weighted by Crippen LogP contribution is -2.25. The second-order valence-corrected chi connectivity index (χ2v) is 7.66. The minimum absolute atomic E-state index is 0.126. The normalized spacial score (nSPS) is 11.7. The molecule has 0 atom stereocenters. The molecule has 1 N–H and O–H groups in total. The van der Waals surface area contributed by atoms with Gasteiger partial charge in [-0.1, -0.05) is 42.5 Å². The fourth-order valence-corrected chi connectivity index (χ4v) is 4.00. The van der Waals surface area contributed by atoms with Gasteiger partial charge in [0.1, 0.15) is 0 Å². The van der Waals surface area contributed by atoms with E-state index in [9.17, 15) is 18.0 Å². The van der Waals surface area contributed by atoms with E-state index in [1.807, 2.05) is 30.3 Å². The van der Waals surface area contributed by atoms with E-state index in [1.165, 1.54) is 23.0 Å². The average molecular weight is 429 g/mol. The van der Waals surface area contributed by atoms with Gasteiger partial charge in [-0.15, -0.1) is 11.3 Å². The average Bonchev–Trinajstić information content (AvgIpc) is 3.32. The fraction of sp³-hybridized carbons (Fsp3) is 0.182. The largest absolute Gasteiger partial charge is 0.416 e. The quantitative estimate of drug-likeness (QED) is 0.415. The summed E-state index contributed by atoms with van der Waals surface area (Å²) in [6.07, 6.45) is -1.19. The monoisotopic (exact) mass is 429 g/mol. The number of hydrogen-bond acceptors (Lipinski definition) is 3. The van der Waals surface area contributed by atoms with Crippen molar-refractivity contribution in [2.24, 2.45) is 0 Å². The molecular weight excluding hydrogens is 411 g/mol. The summed E-state index contributed by atoms with van der Waals surface area (Å²) in [6.45, 7) is 0.445. The molecule has 2 heterocycles. The van der Waals surface area contributed by atoms with Gasteiger partial charge >= 0.3 is 6.18 Å². The smallest absolute Gasteiger partial charge is 0.351 e. The van der Waals surface area contributed by atoms with Gasteiger partial charge in [0, 0.05) is 23.7 Å². The highest BCUT2D eigenvalue weighted by Crippen LogP contribution is 2.34. The molecule has 30 heavy (non-hydrogen) atoms. The maximum Gasteiger partial charge on any atom is 0.416 e. The van der Waals surface area contributed by atoms with Crippen LogP contribution in [0.2, 0.25) is 0 Å². The zero-order valence-electron chi connectivity index (χ0n) is 15.8. The molecule has 4 rings (SSSR count). The number of alkyl halides is 3. The second kappa shape index (κ2) is 8.31. The molecule has 0 saturated carbocycles. The van der Waals surface area contributed by atoms with Gasteiger partial charge in [0.2, 0.25) is 0 Å². The Morgan fingerprint density at radius 3 is 2.67 bits per heavy atom. The van der Waals surface area contributed by atoms with Crippen LogP contribution in [0, 0.1) is 0 Å². The van der Waals surface area contributed by atoms with Crippen LogP contribution in [0.5, 0.6) is 0 Å². The summed E-state index contributed by atoms with van der Waals surface area (Å²) in [7, 11) is 0. The summed E-state index contributed by atoms with van der Waals surface area (Å²) in [6, 6.07) is 14.9. The molecule has 0 aliphatic carbocycles. The minimum Gasteiger partial charge on any atom is -0.351 e. The Labute approximate surface area is 175 Å². The van der Waals surface area contributed by atoms with Crippen molar-refractivity contribution in [3.8, 4) is 11.3 Å². The van der Waals surface area contributed by atoms with E-state index in [0.717, 1.165) is 25.0 Å². The van der Waals surface area contributed by atoms with Crippen molar-refractivity contribution in [3.63, 3.8) is 0 Å².